The van der Waals surface area contributed by atoms with Gasteiger partial charge in [-0.1, -0.05) is 11.6 Å². The van der Waals surface area contributed by atoms with Gasteiger partial charge in [0.25, 0.3) is 11.6 Å². The lowest BCUT2D eigenvalue weighted by Gasteiger charge is -2.36. The van der Waals surface area contributed by atoms with Gasteiger partial charge in [0.05, 0.1) is 20.4 Å². The van der Waals surface area contributed by atoms with Crippen molar-refractivity contribution in [3.8, 4) is 0 Å². The number of sulfone groups is 1. The fourth-order valence-electron chi connectivity index (χ4n) is 3.02. The quantitative estimate of drug-likeness (QED) is 0.553. The van der Waals surface area contributed by atoms with Crippen molar-refractivity contribution in [1.29, 1.82) is 0 Å². The largest absolute Gasteiger partial charge is 0.368 e. The van der Waals surface area contributed by atoms with Gasteiger partial charge in [-0.2, -0.15) is 0 Å². The molecule has 0 saturated carbocycles. The molecule has 0 bridgehead atoms. The van der Waals surface area contributed by atoms with Crippen LogP contribution in [-0.2, 0) is 9.84 Å². The van der Waals surface area contributed by atoms with E-state index >= 15 is 0 Å². The average Bonchev–Trinajstić information content (AvgIpc) is 2.67. The highest BCUT2D eigenvalue weighted by molar-refractivity contribution is 7.90. The molecule has 10 heteroatoms. The number of amides is 1. The first-order valence-corrected chi connectivity index (χ1v) is 10.7. The molecule has 28 heavy (non-hydrogen) atoms. The SMILES string of the molecule is CS(=O)(=O)c1ccc(Cl)c(C(=O)N2CCN(c3ccc([N+](=O)[O-])cc3)CC2)c1. The summed E-state index contributed by atoms with van der Waals surface area (Å²) >= 11 is 6.12. The van der Waals surface area contributed by atoms with Gasteiger partial charge in [0.2, 0.25) is 0 Å². The second kappa shape index (κ2) is 7.76. The Bertz CT molecular complexity index is 1020. The predicted octanol–water partition coefficient (Wildman–Crippen LogP) is 2.61. The number of non-ortho nitro benzene ring substituents is 1. The van der Waals surface area contributed by atoms with Crippen LogP contribution >= 0.6 is 11.6 Å². The molecule has 8 nitrogen and oxygen atoms in total. The zero-order valence-corrected chi connectivity index (χ0v) is 16.6. The lowest BCUT2D eigenvalue weighted by Crippen LogP contribution is -2.48. The normalized spacial score (nSPS) is 14.8. The third kappa shape index (κ3) is 4.26. The summed E-state index contributed by atoms with van der Waals surface area (Å²) in [5, 5.41) is 11.0. The maximum atomic E-state index is 12.8. The second-order valence-electron chi connectivity index (χ2n) is 6.47. The van der Waals surface area contributed by atoms with Crippen LogP contribution in [0.5, 0.6) is 0 Å². The van der Waals surface area contributed by atoms with Crippen molar-refractivity contribution in [3.63, 3.8) is 0 Å². The van der Waals surface area contributed by atoms with E-state index in [1.54, 1.807) is 17.0 Å². The Kier molecular flexibility index (Phi) is 5.57. The summed E-state index contributed by atoms with van der Waals surface area (Å²) < 4.78 is 23.5. The number of anilines is 1. The van der Waals surface area contributed by atoms with E-state index in [1.165, 1.54) is 30.3 Å². The van der Waals surface area contributed by atoms with Crippen LogP contribution in [-0.4, -0.2) is 56.6 Å². The van der Waals surface area contributed by atoms with Crippen molar-refractivity contribution in [2.24, 2.45) is 0 Å². The molecule has 2 aromatic rings. The van der Waals surface area contributed by atoms with E-state index in [-0.39, 0.29) is 27.1 Å². The van der Waals surface area contributed by atoms with Crippen molar-refractivity contribution in [3.05, 3.63) is 63.2 Å². The molecule has 1 aliphatic heterocycles. The molecule has 3 rings (SSSR count). The van der Waals surface area contributed by atoms with Gasteiger partial charge in [0.15, 0.2) is 9.84 Å². The zero-order chi connectivity index (χ0) is 20.5. The molecule has 0 radical (unpaired) electrons. The van der Waals surface area contributed by atoms with E-state index in [0.29, 0.717) is 26.2 Å². The highest BCUT2D eigenvalue weighted by Gasteiger charge is 2.25. The Morgan fingerprint density at radius 3 is 2.21 bits per heavy atom. The van der Waals surface area contributed by atoms with Crippen molar-refractivity contribution >= 4 is 38.7 Å². The predicted molar refractivity (Wildman–Crippen MR) is 106 cm³/mol. The van der Waals surface area contributed by atoms with Crippen molar-refractivity contribution < 1.29 is 18.1 Å². The number of nitro groups is 1. The molecule has 1 amide bonds. The van der Waals surface area contributed by atoms with Gasteiger partial charge in [0, 0.05) is 50.3 Å². The number of carbonyl (C=O) groups excluding carboxylic acids is 1. The first kappa shape index (κ1) is 20.1. The Balaban J connectivity index is 1.71. The topological polar surface area (TPSA) is 101 Å². The molecular weight excluding hydrogens is 406 g/mol. The lowest BCUT2D eigenvalue weighted by atomic mass is 10.1. The number of rotatable bonds is 4. The maximum absolute atomic E-state index is 12.8. The monoisotopic (exact) mass is 423 g/mol. The van der Waals surface area contributed by atoms with Crippen LogP contribution in [0.3, 0.4) is 0 Å². The summed E-state index contributed by atoms with van der Waals surface area (Å²) in [5.41, 5.74) is 1.03. The summed E-state index contributed by atoms with van der Waals surface area (Å²) in [6.45, 7) is 1.95. The molecule has 1 aliphatic rings. The highest BCUT2D eigenvalue weighted by Crippen LogP contribution is 2.24. The van der Waals surface area contributed by atoms with E-state index in [9.17, 15) is 23.3 Å². The number of nitro benzene ring substituents is 1. The number of carbonyl (C=O) groups is 1. The van der Waals surface area contributed by atoms with Crippen LogP contribution in [0.25, 0.3) is 0 Å². The highest BCUT2D eigenvalue weighted by atomic mass is 35.5. The number of nitrogens with zero attached hydrogens (tertiary/aromatic N) is 3. The Labute approximate surface area is 167 Å². The minimum Gasteiger partial charge on any atom is -0.368 e. The van der Waals surface area contributed by atoms with Gasteiger partial charge in [-0.3, -0.25) is 14.9 Å². The smallest absolute Gasteiger partial charge is 0.269 e. The Hall–Kier alpha value is -2.65. The number of piperazine rings is 1. The molecule has 0 spiro atoms. The maximum Gasteiger partial charge on any atom is 0.269 e. The number of halogens is 1. The molecule has 1 saturated heterocycles. The number of hydrogen-bond donors (Lipinski definition) is 0. The van der Waals surface area contributed by atoms with Gasteiger partial charge >= 0.3 is 0 Å². The third-order valence-corrected chi connectivity index (χ3v) is 6.03. The van der Waals surface area contributed by atoms with E-state index in [0.717, 1.165) is 11.9 Å². The minimum atomic E-state index is -3.45. The van der Waals surface area contributed by atoms with Gasteiger partial charge in [0.1, 0.15) is 0 Å². The third-order valence-electron chi connectivity index (χ3n) is 4.59. The van der Waals surface area contributed by atoms with Gasteiger partial charge in [-0.15, -0.1) is 0 Å². The van der Waals surface area contributed by atoms with Gasteiger partial charge < -0.3 is 9.80 Å². The number of benzene rings is 2. The molecule has 0 unspecified atom stereocenters. The Morgan fingerprint density at radius 1 is 1.07 bits per heavy atom. The summed E-state index contributed by atoms with van der Waals surface area (Å²) in [6.07, 6.45) is 1.08. The van der Waals surface area contributed by atoms with E-state index in [4.69, 9.17) is 11.6 Å². The molecule has 0 aromatic heterocycles. The van der Waals surface area contributed by atoms with Crippen LogP contribution in [0.4, 0.5) is 11.4 Å². The van der Waals surface area contributed by atoms with E-state index in [2.05, 4.69) is 0 Å². The van der Waals surface area contributed by atoms with Crippen molar-refractivity contribution in [1.82, 2.24) is 4.90 Å². The fraction of sp³-hybridized carbons (Fsp3) is 0.278. The van der Waals surface area contributed by atoms with Gasteiger partial charge in [-0.05, 0) is 30.3 Å². The van der Waals surface area contributed by atoms with Crippen LogP contribution in [0, 0.1) is 10.1 Å². The number of hydrogen-bond acceptors (Lipinski definition) is 6. The van der Waals surface area contributed by atoms with Crippen LogP contribution in [0.15, 0.2) is 47.4 Å². The summed E-state index contributed by atoms with van der Waals surface area (Å²) in [6, 6.07) is 10.4. The molecule has 148 valence electrons. The molecule has 2 aromatic carbocycles. The van der Waals surface area contributed by atoms with Gasteiger partial charge in [-0.25, -0.2) is 8.42 Å². The molecule has 1 heterocycles. The van der Waals surface area contributed by atoms with Crippen LogP contribution in [0.2, 0.25) is 5.02 Å². The molecular formula is C18H18ClN3O5S. The van der Waals surface area contributed by atoms with Crippen LogP contribution < -0.4 is 4.90 Å². The summed E-state index contributed by atoms with van der Waals surface area (Å²) in [4.78, 5) is 26.8. The molecule has 1 fully saturated rings. The minimum absolute atomic E-state index is 0.0259. The Morgan fingerprint density at radius 2 is 1.68 bits per heavy atom. The molecule has 0 atom stereocenters. The fourth-order valence-corrected chi connectivity index (χ4v) is 3.87. The van der Waals surface area contributed by atoms with E-state index < -0.39 is 14.8 Å². The molecule has 0 aliphatic carbocycles. The van der Waals surface area contributed by atoms with Crippen molar-refractivity contribution in [2.45, 2.75) is 4.90 Å². The lowest BCUT2D eigenvalue weighted by molar-refractivity contribution is -0.384. The summed E-state index contributed by atoms with van der Waals surface area (Å²) in [7, 11) is -3.45. The van der Waals surface area contributed by atoms with E-state index in [1.807, 2.05) is 4.90 Å². The second-order valence-corrected chi connectivity index (χ2v) is 8.89. The first-order chi connectivity index (χ1) is 13.2. The standard InChI is InChI=1S/C18H18ClN3O5S/c1-28(26,27)15-6-7-17(19)16(12-15)18(23)21-10-8-20(9-11-21)13-2-4-14(5-3-13)22(24)25/h2-7,12H,8-11H2,1H3. The first-order valence-electron chi connectivity index (χ1n) is 8.45. The zero-order valence-electron chi connectivity index (χ0n) is 15.0. The molecule has 0 N–H and O–H groups in total. The average molecular weight is 424 g/mol. The van der Waals surface area contributed by atoms with Crippen LogP contribution in [0.1, 0.15) is 10.4 Å². The van der Waals surface area contributed by atoms with Crippen molar-refractivity contribution in [2.75, 3.05) is 37.3 Å². The summed E-state index contributed by atoms with van der Waals surface area (Å²) in [5.74, 6) is -0.321.